The van der Waals surface area contributed by atoms with Gasteiger partial charge in [-0.05, 0) is 42.7 Å². The molecule has 0 radical (unpaired) electrons. The van der Waals surface area contributed by atoms with Gasteiger partial charge in [-0.25, -0.2) is 8.78 Å². The number of hydrogen-bond donors (Lipinski definition) is 4. The smallest absolute Gasteiger partial charge is 0.267 e. The molecule has 3 atom stereocenters. The summed E-state index contributed by atoms with van der Waals surface area (Å²) in [4.78, 5) is 40.3. The van der Waals surface area contributed by atoms with Gasteiger partial charge in [0.2, 0.25) is 5.91 Å². The highest BCUT2D eigenvalue weighted by atomic mass is 35.5. The molecule has 1 saturated heterocycles. The Morgan fingerprint density at radius 3 is 2.44 bits per heavy atom. The summed E-state index contributed by atoms with van der Waals surface area (Å²) in [6.07, 6.45) is -2.88. The number of nitrogens with zero attached hydrogens (tertiary/aromatic N) is 1. The number of rotatable bonds is 9. The highest BCUT2D eigenvalue weighted by molar-refractivity contribution is 6.31. The minimum atomic E-state index is -3.36. The Morgan fingerprint density at radius 1 is 1.05 bits per heavy atom. The zero-order chi connectivity index (χ0) is 29.7. The SMILES string of the molecule is Cc1c(O)cccc1C(=O)NC(Cc1ccccc1)[C@H](O)C(=O)N1CC(F)(F)CC1C(=O)NCc1ccccc1Cl. The van der Waals surface area contributed by atoms with Crippen molar-refractivity contribution in [3.05, 3.63) is 100 Å². The van der Waals surface area contributed by atoms with E-state index in [0.717, 1.165) is 0 Å². The van der Waals surface area contributed by atoms with E-state index in [1.807, 2.05) is 0 Å². The molecular formula is C30H30ClF2N3O5. The maximum Gasteiger partial charge on any atom is 0.267 e. The van der Waals surface area contributed by atoms with Crippen LogP contribution < -0.4 is 10.6 Å². The molecule has 0 aromatic heterocycles. The zero-order valence-electron chi connectivity index (χ0n) is 22.2. The zero-order valence-corrected chi connectivity index (χ0v) is 22.9. The summed E-state index contributed by atoms with van der Waals surface area (Å²) in [5.41, 5.74) is 1.64. The van der Waals surface area contributed by atoms with Gasteiger partial charge < -0.3 is 25.7 Å². The minimum absolute atomic E-state index is 0.00898. The summed E-state index contributed by atoms with van der Waals surface area (Å²) in [5, 5.41) is 26.8. The van der Waals surface area contributed by atoms with Crippen molar-refractivity contribution in [2.24, 2.45) is 0 Å². The van der Waals surface area contributed by atoms with Crippen molar-refractivity contribution in [3.63, 3.8) is 0 Å². The number of aliphatic hydroxyl groups excluding tert-OH is 1. The maximum absolute atomic E-state index is 14.5. The first-order valence-corrected chi connectivity index (χ1v) is 13.4. The molecule has 3 amide bonds. The quantitative estimate of drug-likeness (QED) is 0.306. The third kappa shape index (κ3) is 7.20. The standard InChI is InChI=1S/C30H30ClF2N3O5/c1-18-21(11-7-13-25(18)37)27(39)35-23(14-19-8-3-2-4-9-19)26(38)29(41)36-17-30(32,33)15-24(36)28(40)34-16-20-10-5-6-12-22(20)31/h2-13,23-24,26,37-38H,14-17H2,1H3,(H,34,40)(H,35,39)/t23?,24?,26-/m0/s1. The minimum Gasteiger partial charge on any atom is -0.508 e. The number of hydrogen-bond acceptors (Lipinski definition) is 5. The van der Waals surface area contributed by atoms with Crippen molar-refractivity contribution >= 4 is 29.3 Å². The van der Waals surface area contributed by atoms with E-state index in [-0.39, 0.29) is 24.3 Å². The lowest BCUT2D eigenvalue weighted by atomic mass is 9.98. The Bertz CT molecular complexity index is 1420. The number of aliphatic hydroxyl groups is 1. The number of aromatic hydroxyl groups is 1. The van der Waals surface area contributed by atoms with Crippen LogP contribution in [0.25, 0.3) is 0 Å². The van der Waals surface area contributed by atoms with Crippen molar-refractivity contribution in [1.82, 2.24) is 15.5 Å². The molecule has 0 saturated carbocycles. The number of carbonyl (C=O) groups excluding carboxylic acids is 3. The Labute approximate surface area is 240 Å². The lowest BCUT2D eigenvalue weighted by molar-refractivity contribution is -0.147. The van der Waals surface area contributed by atoms with Crippen molar-refractivity contribution in [1.29, 1.82) is 0 Å². The molecule has 11 heteroatoms. The third-order valence-electron chi connectivity index (χ3n) is 7.07. The molecule has 4 N–H and O–H groups in total. The Hall–Kier alpha value is -4.02. The summed E-state index contributed by atoms with van der Waals surface area (Å²) in [5.74, 6) is -6.08. The van der Waals surface area contributed by atoms with E-state index < -0.39 is 54.8 Å². The molecule has 0 spiro atoms. The van der Waals surface area contributed by atoms with Crippen LogP contribution in [-0.2, 0) is 22.6 Å². The number of phenolic OH excluding ortho intramolecular Hbond substituents is 1. The van der Waals surface area contributed by atoms with Crippen molar-refractivity contribution in [2.45, 2.75) is 50.4 Å². The monoisotopic (exact) mass is 585 g/mol. The molecular weight excluding hydrogens is 556 g/mol. The lowest BCUT2D eigenvalue weighted by Crippen LogP contribution is -2.56. The second kappa shape index (κ2) is 12.7. The molecule has 0 aliphatic carbocycles. The highest BCUT2D eigenvalue weighted by Gasteiger charge is 2.51. The van der Waals surface area contributed by atoms with Gasteiger partial charge in [0.15, 0.2) is 6.10 Å². The van der Waals surface area contributed by atoms with Crippen molar-refractivity contribution in [2.75, 3.05) is 6.54 Å². The number of alkyl halides is 2. The number of halogens is 3. The second-order valence-corrected chi connectivity index (χ2v) is 10.4. The van der Waals surface area contributed by atoms with Gasteiger partial charge in [0.05, 0.1) is 12.6 Å². The van der Waals surface area contributed by atoms with Gasteiger partial charge in [-0.3, -0.25) is 14.4 Å². The van der Waals surface area contributed by atoms with E-state index in [2.05, 4.69) is 10.6 Å². The van der Waals surface area contributed by atoms with E-state index in [4.69, 9.17) is 11.6 Å². The fourth-order valence-electron chi connectivity index (χ4n) is 4.79. The summed E-state index contributed by atoms with van der Waals surface area (Å²) >= 11 is 6.12. The van der Waals surface area contributed by atoms with E-state index in [0.29, 0.717) is 26.6 Å². The molecule has 4 rings (SSSR count). The molecule has 3 aromatic rings. The third-order valence-corrected chi connectivity index (χ3v) is 7.43. The van der Waals surface area contributed by atoms with E-state index in [1.54, 1.807) is 54.6 Å². The maximum atomic E-state index is 14.5. The molecule has 1 aliphatic heterocycles. The normalized spacial score (nSPS) is 17.5. The number of benzene rings is 3. The molecule has 2 unspecified atom stereocenters. The van der Waals surface area contributed by atoms with Crippen LogP contribution in [0.1, 0.15) is 33.5 Å². The predicted molar refractivity (Wildman–Crippen MR) is 149 cm³/mol. The molecule has 41 heavy (non-hydrogen) atoms. The van der Waals surface area contributed by atoms with Gasteiger partial charge in [0, 0.05) is 29.1 Å². The number of amides is 3. The first-order chi connectivity index (χ1) is 19.5. The molecule has 8 nitrogen and oxygen atoms in total. The van der Waals surface area contributed by atoms with Gasteiger partial charge in [-0.1, -0.05) is 66.2 Å². The van der Waals surface area contributed by atoms with E-state index >= 15 is 0 Å². The summed E-state index contributed by atoms with van der Waals surface area (Å²) in [7, 11) is 0. The molecule has 1 fully saturated rings. The lowest BCUT2D eigenvalue weighted by Gasteiger charge is -2.30. The molecule has 0 bridgehead atoms. The van der Waals surface area contributed by atoms with Crippen LogP contribution in [0.4, 0.5) is 8.78 Å². The van der Waals surface area contributed by atoms with Crippen LogP contribution >= 0.6 is 11.6 Å². The highest BCUT2D eigenvalue weighted by Crippen LogP contribution is 2.33. The second-order valence-electron chi connectivity index (χ2n) is 10.0. The Kier molecular flexibility index (Phi) is 9.25. The van der Waals surface area contributed by atoms with Crippen LogP contribution in [0.15, 0.2) is 72.8 Å². The van der Waals surface area contributed by atoms with E-state index in [9.17, 15) is 33.4 Å². The molecule has 1 heterocycles. The average molecular weight is 586 g/mol. The van der Waals surface area contributed by atoms with Crippen LogP contribution in [0, 0.1) is 6.92 Å². The number of likely N-dealkylation sites (tertiary alicyclic amines) is 1. The van der Waals surface area contributed by atoms with Crippen LogP contribution in [0.3, 0.4) is 0 Å². The van der Waals surface area contributed by atoms with Crippen molar-refractivity contribution in [3.8, 4) is 5.75 Å². The first-order valence-electron chi connectivity index (χ1n) is 13.0. The largest absolute Gasteiger partial charge is 0.508 e. The predicted octanol–water partition coefficient (Wildman–Crippen LogP) is 3.61. The van der Waals surface area contributed by atoms with Gasteiger partial charge in [0.25, 0.3) is 17.7 Å². The summed E-state index contributed by atoms with van der Waals surface area (Å²) in [6.45, 7) is 0.433. The number of carbonyl (C=O) groups is 3. The number of nitrogens with one attached hydrogen (secondary N) is 2. The molecule has 1 aliphatic rings. The topological polar surface area (TPSA) is 119 Å². The van der Waals surface area contributed by atoms with Gasteiger partial charge in [-0.2, -0.15) is 0 Å². The molecule has 3 aromatic carbocycles. The van der Waals surface area contributed by atoms with Crippen LogP contribution in [0.2, 0.25) is 5.02 Å². The molecule has 216 valence electrons. The average Bonchev–Trinajstić information content (AvgIpc) is 3.28. The fourth-order valence-corrected chi connectivity index (χ4v) is 4.99. The van der Waals surface area contributed by atoms with Crippen LogP contribution in [0.5, 0.6) is 5.75 Å². The van der Waals surface area contributed by atoms with E-state index in [1.165, 1.54) is 25.1 Å². The fraction of sp³-hybridized carbons (Fsp3) is 0.300. The van der Waals surface area contributed by atoms with Crippen LogP contribution in [-0.4, -0.2) is 63.5 Å². The number of phenols is 1. The first kappa shape index (κ1) is 30.0. The summed E-state index contributed by atoms with van der Waals surface area (Å²) < 4.78 is 29.1. The van der Waals surface area contributed by atoms with Crippen molar-refractivity contribution < 1.29 is 33.4 Å². The Balaban J connectivity index is 1.55. The summed E-state index contributed by atoms with van der Waals surface area (Å²) in [6, 6.07) is 17.0. The van der Waals surface area contributed by atoms with Gasteiger partial charge in [-0.15, -0.1) is 0 Å². The van der Waals surface area contributed by atoms with Gasteiger partial charge >= 0.3 is 0 Å². The van der Waals surface area contributed by atoms with Gasteiger partial charge in [0.1, 0.15) is 11.8 Å². The Morgan fingerprint density at radius 2 is 1.73 bits per heavy atom.